The van der Waals surface area contributed by atoms with Crippen LogP contribution in [0.3, 0.4) is 0 Å². The molecule has 0 fully saturated rings. The molecule has 0 aliphatic heterocycles. The van der Waals surface area contributed by atoms with E-state index in [0.717, 1.165) is 12.8 Å². The fourth-order valence-corrected chi connectivity index (χ4v) is 6.53. The van der Waals surface area contributed by atoms with Gasteiger partial charge >= 0.3 is 0 Å². The van der Waals surface area contributed by atoms with Crippen LogP contribution in [-0.4, -0.2) is 11.2 Å². The van der Waals surface area contributed by atoms with Crippen LogP contribution in [0.1, 0.15) is 251 Å². The molecular formula is C40H82O. The summed E-state index contributed by atoms with van der Waals surface area (Å²) in [7, 11) is 0. The van der Waals surface area contributed by atoms with Gasteiger partial charge in [0.2, 0.25) is 0 Å². The van der Waals surface area contributed by atoms with Gasteiger partial charge in [0.25, 0.3) is 0 Å². The average Bonchev–Trinajstić information content (AvgIpc) is 2.98. The number of aliphatic hydroxyl groups is 1. The molecule has 1 unspecified atom stereocenters. The van der Waals surface area contributed by atoms with Crippen molar-refractivity contribution < 1.29 is 5.11 Å². The predicted octanol–water partition coefficient (Wildman–Crippen LogP) is 14.8. The van der Waals surface area contributed by atoms with E-state index in [1.807, 2.05) is 0 Å². The second kappa shape index (κ2) is 38.0. The van der Waals surface area contributed by atoms with Crippen molar-refractivity contribution >= 4 is 0 Å². The molecule has 0 saturated carbocycles. The van der Waals surface area contributed by atoms with Gasteiger partial charge in [0.05, 0.1) is 6.10 Å². The molecule has 0 rings (SSSR count). The summed E-state index contributed by atoms with van der Waals surface area (Å²) >= 11 is 0. The highest BCUT2D eigenvalue weighted by Crippen LogP contribution is 2.17. The lowest BCUT2D eigenvalue weighted by Crippen LogP contribution is -2.05. The zero-order valence-corrected chi connectivity index (χ0v) is 29.2. The fraction of sp³-hybridized carbons (Fsp3) is 1.00. The van der Waals surface area contributed by atoms with Crippen molar-refractivity contribution in [3.05, 3.63) is 0 Å². The van der Waals surface area contributed by atoms with Gasteiger partial charge in [-0.2, -0.15) is 0 Å². The molecule has 1 N–H and O–H groups in total. The average molecular weight is 579 g/mol. The standard InChI is InChI=1S/C40H82O/c1-3-5-7-9-11-13-15-17-19-20-21-22-23-24-25-27-29-31-33-35-37-39-40(41)38-36-34-32-30-28-26-18-16-14-12-10-8-6-4-2/h40-41H,3-39H2,1-2H3. The molecule has 0 saturated heterocycles. The summed E-state index contributed by atoms with van der Waals surface area (Å²) in [6, 6.07) is 0. The topological polar surface area (TPSA) is 20.2 Å². The highest BCUT2D eigenvalue weighted by molar-refractivity contribution is 4.58. The fourth-order valence-electron chi connectivity index (χ4n) is 6.53. The lowest BCUT2D eigenvalue weighted by molar-refractivity contribution is 0.147. The minimum Gasteiger partial charge on any atom is -0.393 e. The Morgan fingerprint density at radius 2 is 0.390 bits per heavy atom. The van der Waals surface area contributed by atoms with Crippen molar-refractivity contribution in [2.24, 2.45) is 0 Å². The van der Waals surface area contributed by atoms with Crippen molar-refractivity contribution in [2.75, 3.05) is 0 Å². The Hall–Kier alpha value is -0.0400. The number of unbranched alkanes of at least 4 members (excludes halogenated alkanes) is 33. The summed E-state index contributed by atoms with van der Waals surface area (Å²) in [4.78, 5) is 0. The first kappa shape index (κ1) is 41.0. The molecule has 0 aliphatic rings. The van der Waals surface area contributed by atoms with E-state index in [2.05, 4.69) is 13.8 Å². The van der Waals surface area contributed by atoms with E-state index in [4.69, 9.17) is 0 Å². The molecule has 0 radical (unpaired) electrons. The van der Waals surface area contributed by atoms with E-state index in [1.54, 1.807) is 0 Å². The van der Waals surface area contributed by atoms with Crippen molar-refractivity contribution in [1.82, 2.24) is 0 Å². The summed E-state index contributed by atoms with van der Waals surface area (Å²) in [5, 5.41) is 10.3. The van der Waals surface area contributed by atoms with Crippen LogP contribution < -0.4 is 0 Å². The third-order valence-electron chi connectivity index (χ3n) is 9.53. The molecule has 0 aromatic carbocycles. The minimum atomic E-state index is -0.0346. The van der Waals surface area contributed by atoms with Gasteiger partial charge in [0.1, 0.15) is 0 Å². The van der Waals surface area contributed by atoms with Crippen LogP contribution in [-0.2, 0) is 0 Å². The second-order valence-electron chi connectivity index (χ2n) is 13.9. The van der Waals surface area contributed by atoms with Gasteiger partial charge in [-0.05, 0) is 12.8 Å². The Kier molecular flexibility index (Phi) is 37.9. The van der Waals surface area contributed by atoms with Crippen LogP contribution in [0.4, 0.5) is 0 Å². The van der Waals surface area contributed by atoms with Crippen LogP contribution in [0.15, 0.2) is 0 Å². The highest BCUT2D eigenvalue weighted by atomic mass is 16.3. The summed E-state index contributed by atoms with van der Waals surface area (Å²) in [6.07, 6.45) is 51.9. The van der Waals surface area contributed by atoms with Crippen LogP contribution >= 0.6 is 0 Å². The number of rotatable bonds is 37. The molecule has 0 heterocycles. The summed E-state index contributed by atoms with van der Waals surface area (Å²) in [5.41, 5.74) is 0. The normalized spacial score (nSPS) is 12.4. The summed E-state index contributed by atoms with van der Waals surface area (Å²) in [6.45, 7) is 4.60. The number of hydrogen-bond donors (Lipinski definition) is 1. The maximum Gasteiger partial charge on any atom is 0.0540 e. The van der Waals surface area contributed by atoms with Crippen molar-refractivity contribution in [3.63, 3.8) is 0 Å². The highest BCUT2D eigenvalue weighted by Gasteiger charge is 2.04. The minimum absolute atomic E-state index is 0.0346. The quantitative estimate of drug-likeness (QED) is 0.0727. The molecule has 41 heavy (non-hydrogen) atoms. The smallest absolute Gasteiger partial charge is 0.0540 e. The molecule has 1 nitrogen and oxygen atoms in total. The number of hydrogen-bond acceptors (Lipinski definition) is 1. The van der Waals surface area contributed by atoms with Gasteiger partial charge in [-0.3, -0.25) is 0 Å². The molecule has 0 aromatic rings. The van der Waals surface area contributed by atoms with Gasteiger partial charge in [0.15, 0.2) is 0 Å². The van der Waals surface area contributed by atoms with Gasteiger partial charge in [0, 0.05) is 0 Å². The molecule has 1 atom stereocenters. The third-order valence-corrected chi connectivity index (χ3v) is 9.53. The van der Waals surface area contributed by atoms with E-state index in [1.165, 1.54) is 225 Å². The predicted molar refractivity (Wildman–Crippen MR) is 188 cm³/mol. The molecule has 0 bridgehead atoms. The first-order valence-corrected chi connectivity index (χ1v) is 20.0. The Morgan fingerprint density at radius 1 is 0.244 bits per heavy atom. The summed E-state index contributed by atoms with van der Waals surface area (Å²) in [5.74, 6) is 0. The van der Waals surface area contributed by atoms with Crippen LogP contribution in [0.25, 0.3) is 0 Å². The second-order valence-corrected chi connectivity index (χ2v) is 13.9. The monoisotopic (exact) mass is 579 g/mol. The zero-order chi connectivity index (χ0) is 29.7. The lowest BCUT2D eigenvalue weighted by Gasteiger charge is -2.10. The molecule has 0 aliphatic carbocycles. The van der Waals surface area contributed by atoms with Crippen LogP contribution in [0.2, 0.25) is 0 Å². The molecule has 0 aromatic heterocycles. The maximum absolute atomic E-state index is 10.3. The molecule has 0 spiro atoms. The summed E-state index contributed by atoms with van der Waals surface area (Å²) < 4.78 is 0. The lowest BCUT2D eigenvalue weighted by atomic mass is 10.0. The number of aliphatic hydroxyl groups excluding tert-OH is 1. The van der Waals surface area contributed by atoms with E-state index in [-0.39, 0.29) is 6.10 Å². The van der Waals surface area contributed by atoms with Crippen LogP contribution in [0.5, 0.6) is 0 Å². The molecular weight excluding hydrogens is 496 g/mol. The molecule has 0 amide bonds. The first-order valence-electron chi connectivity index (χ1n) is 20.0. The van der Waals surface area contributed by atoms with Crippen molar-refractivity contribution in [3.8, 4) is 0 Å². The Balaban J connectivity index is 3.13. The van der Waals surface area contributed by atoms with Crippen molar-refractivity contribution in [1.29, 1.82) is 0 Å². The van der Waals surface area contributed by atoms with Crippen LogP contribution in [0, 0.1) is 0 Å². The van der Waals surface area contributed by atoms with E-state index in [9.17, 15) is 5.11 Å². The Bertz CT molecular complexity index is 433. The maximum atomic E-state index is 10.3. The zero-order valence-electron chi connectivity index (χ0n) is 29.2. The van der Waals surface area contributed by atoms with E-state index < -0.39 is 0 Å². The molecule has 1 heteroatoms. The van der Waals surface area contributed by atoms with E-state index >= 15 is 0 Å². The Labute approximate surface area is 262 Å². The van der Waals surface area contributed by atoms with Crippen molar-refractivity contribution in [2.45, 2.75) is 258 Å². The van der Waals surface area contributed by atoms with E-state index in [0.29, 0.717) is 0 Å². The molecule has 248 valence electrons. The van der Waals surface area contributed by atoms with Gasteiger partial charge in [-0.1, -0.05) is 239 Å². The SMILES string of the molecule is CCCCCCCCCCCCCCCCCCCCCCCC(O)CCCCCCCCCCCCCCCC. The third kappa shape index (κ3) is 37.9. The Morgan fingerprint density at radius 3 is 0.561 bits per heavy atom. The van der Waals surface area contributed by atoms with Gasteiger partial charge in [-0.25, -0.2) is 0 Å². The van der Waals surface area contributed by atoms with Gasteiger partial charge < -0.3 is 5.11 Å². The largest absolute Gasteiger partial charge is 0.393 e. The van der Waals surface area contributed by atoms with Gasteiger partial charge in [-0.15, -0.1) is 0 Å². The first-order chi connectivity index (χ1) is 20.3.